The topological polar surface area (TPSA) is 107 Å². The second kappa shape index (κ2) is 5.69. The first-order valence-electron chi connectivity index (χ1n) is 6.21. The molecule has 2 saturated heterocycles. The second-order valence-corrected chi connectivity index (χ2v) is 6.77. The predicted molar refractivity (Wildman–Crippen MR) is 66.8 cm³/mol. The number of fused-ring (bicyclic) bond motifs is 1. The Morgan fingerprint density at radius 3 is 2.52 bits per heavy atom. The minimum Gasteiger partial charge on any atom is -0.438 e. The highest BCUT2D eigenvalue weighted by molar-refractivity contribution is 7.86. The van der Waals surface area contributed by atoms with E-state index in [4.69, 9.17) is 23.1 Å². The van der Waals surface area contributed by atoms with Crippen LogP contribution in [-0.2, 0) is 38.0 Å². The molecule has 0 aliphatic carbocycles. The summed E-state index contributed by atoms with van der Waals surface area (Å²) < 4.78 is 53.4. The predicted octanol–water partition coefficient (Wildman–Crippen LogP) is -0.00940. The maximum atomic E-state index is 11.4. The summed E-state index contributed by atoms with van der Waals surface area (Å²) >= 11 is 0. The quantitative estimate of drug-likeness (QED) is 0.520. The molecule has 21 heavy (non-hydrogen) atoms. The molecule has 0 N–H and O–H groups in total. The first-order chi connectivity index (χ1) is 9.61. The van der Waals surface area contributed by atoms with Crippen molar-refractivity contribution in [2.45, 2.75) is 44.2 Å². The minimum absolute atomic E-state index is 0.243. The first kappa shape index (κ1) is 16.4. The molecule has 4 unspecified atom stereocenters. The van der Waals surface area contributed by atoms with Crippen molar-refractivity contribution in [2.75, 3.05) is 20.0 Å². The van der Waals surface area contributed by atoms with Crippen LogP contribution in [0.15, 0.2) is 0 Å². The summed E-state index contributed by atoms with van der Waals surface area (Å²) in [6, 6.07) is 0. The fourth-order valence-electron chi connectivity index (χ4n) is 2.21. The molecule has 0 radical (unpaired) electrons. The third kappa shape index (κ3) is 4.04. The van der Waals surface area contributed by atoms with Crippen molar-refractivity contribution in [3.63, 3.8) is 0 Å². The number of carbonyl (C=O) groups excluding carboxylic acids is 1. The van der Waals surface area contributed by atoms with Gasteiger partial charge in [-0.15, -0.1) is 0 Å². The molecule has 4 atom stereocenters. The van der Waals surface area contributed by atoms with Gasteiger partial charge in [0.05, 0.1) is 13.4 Å². The molecule has 0 spiro atoms. The molecule has 0 aromatic rings. The fourth-order valence-corrected chi connectivity index (χ4v) is 2.85. The van der Waals surface area contributed by atoms with E-state index in [1.807, 2.05) is 0 Å². The first-order valence-corrected chi connectivity index (χ1v) is 8.03. The van der Waals surface area contributed by atoms with E-state index in [0.29, 0.717) is 0 Å². The molecule has 122 valence electrons. The van der Waals surface area contributed by atoms with Gasteiger partial charge in [-0.2, -0.15) is 8.42 Å². The van der Waals surface area contributed by atoms with E-state index in [1.165, 1.54) is 0 Å². The van der Waals surface area contributed by atoms with Crippen molar-refractivity contribution in [3.05, 3.63) is 0 Å². The molecule has 2 heterocycles. The number of rotatable bonds is 4. The average Bonchev–Trinajstić information content (AvgIpc) is 2.78. The molecule has 0 aromatic carbocycles. The molecule has 2 rings (SSSR count). The molecule has 0 saturated carbocycles. The van der Waals surface area contributed by atoms with Crippen LogP contribution in [0, 0.1) is 0 Å². The van der Waals surface area contributed by atoms with E-state index in [1.54, 1.807) is 13.8 Å². The lowest BCUT2D eigenvalue weighted by molar-refractivity contribution is -0.216. The van der Waals surface area contributed by atoms with Crippen LogP contribution < -0.4 is 0 Å². The van der Waals surface area contributed by atoms with Crippen LogP contribution in [-0.4, -0.2) is 64.9 Å². The number of hydrogen-bond acceptors (Lipinski definition) is 9. The van der Waals surface area contributed by atoms with Gasteiger partial charge in [-0.1, -0.05) is 0 Å². The van der Waals surface area contributed by atoms with Gasteiger partial charge in [0, 0.05) is 0 Å². The summed E-state index contributed by atoms with van der Waals surface area (Å²) in [6.45, 7) is 3.10. The van der Waals surface area contributed by atoms with Crippen molar-refractivity contribution in [1.29, 1.82) is 0 Å². The molecule has 0 amide bonds. The number of methoxy groups -OCH3 is 1. The molecule has 10 heteroatoms. The number of carbonyl (C=O) groups is 1. The van der Waals surface area contributed by atoms with Crippen molar-refractivity contribution in [2.24, 2.45) is 0 Å². The van der Waals surface area contributed by atoms with Crippen molar-refractivity contribution in [1.82, 2.24) is 0 Å². The fraction of sp³-hybridized carbons (Fsp3) is 0.909. The van der Waals surface area contributed by atoms with Crippen molar-refractivity contribution >= 4 is 16.3 Å². The van der Waals surface area contributed by atoms with E-state index < -0.39 is 46.7 Å². The Kier molecular flexibility index (Phi) is 4.45. The van der Waals surface area contributed by atoms with Crippen molar-refractivity contribution < 1.29 is 41.1 Å². The van der Waals surface area contributed by atoms with Gasteiger partial charge in [0.1, 0.15) is 24.9 Å². The van der Waals surface area contributed by atoms with Gasteiger partial charge in [-0.05, 0) is 13.8 Å². The SMILES string of the molecule is COC(=O)OCC1OC2OC(C)(C)OC2C1OS(C)(=O)=O. The standard InChI is InChI=1S/C11H18O9S/c1-11(2)18-8-7(20-21(4,13)14)6(17-9(8)19-11)5-16-10(12)15-3/h6-9H,5H2,1-4H3. The van der Waals surface area contributed by atoms with Crippen molar-refractivity contribution in [3.8, 4) is 0 Å². The molecule has 2 aliphatic heterocycles. The van der Waals surface area contributed by atoms with E-state index in [0.717, 1.165) is 13.4 Å². The highest BCUT2D eigenvalue weighted by Crippen LogP contribution is 2.39. The smallest absolute Gasteiger partial charge is 0.438 e. The molecule has 0 aromatic heterocycles. The lowest BCUT2D eigenvalue weighted by Gasteiger charge is -2.24. The molecular formula is C11H18O9S. The third-order valence-corrected chi connectivity index (χ3v) is 3.48. The number of ether oxygens (including phenoxy) is 5. The van der Waals surface area contributed by atoms with Crippen LogP contribution >= 0.6 is 0 Å². The summed E-state index contributed by atoms with van der Waals surface area (Å²) in [6.07, 6.45) is -3.34. The van der Waals surface area contributed by atoms with Gasteiger partial charge in [0.15, 0.2) is 12.1 Å². The Hall–Kier alpha value is -0.940. The normalized spacial score (nSPS) is 34.5. The summed E-state index contributed by atoms with van der Waals surface area (Å²) in [5.41, 5.74) is 0. The average molecular weight is 326 g/mol. The lowest BCUT2D eigenvalue weighted by atomic mass is 10.1. The Balaban J connectivity index is 2.09. The summed E-state index contributed by atoms with van der Waals surface area (Å²) in [5.74, 6) is -0.914. The van der Waals surface area contributed by atoms with Gasteiger partial charge in [0.2, 0.25) is 0 Å². The Bertz CT molecular complexity index is 500. The maximum absolute atomic E-state index is 11.4. The molecule has 0 bridgehead atoms. The van der Waals surface area contributed by atoms with E-state index in [-0.39, 0.29) is 6.61 Å². The number of hydrogen-bond donors (Lipinski definition) is 0. The maximum Gasteiger partial charge on any atom is 0.508 e. The van der Waals surface area contributed by atoms with Crippen LogP contribution in [0.25, 0.3) is 0 Å². The summed E-state index contributed by atoms with van der Waals surface area (Å²) in [4.78, 5) is 11.0. The van der Waals surface area contributed by atoms with Gasteiger partial charge in [-0.25, -0.2) is 4.79 Å². The minimum atomic E-state index is -3.75. The highest BCUT2D eigenvalue weighted by Gasteiger charge is 2.56. The van der Waals surface area contributed by atoms with Gasteiger partial charge < -0.3 is 23.7 Å². The third-order valence-electron chi connectivity index (χ3n) is 2.91. The Morgan fingerprint density at radius 2 is 1.95 bits per heavy atom. The van der Waals surface area contributed by atoms with Crippen LogP contribution in [0.3, 0.4) is 0 Å². The van der Waals surface area contributed by atoms with Gasteiger partial charge in [0.25, 0.3) is 10.1 Å². The summed E-state index contributed by atoms with van der Waals surface area (Å²) in [7, 11) is -2.59. The van der Waals surface area contributed by atoms with Crippen LogP contribution in [0.2, 0.25) is 0 Å². The zero-order chi connectivity index (χ0) is 15.8. The molecule has 2 fully saturated rings. The molecule has 9 nitrogen and oxygen atoms in total. The largest absolute Gasteiger partial charge is 0.508 e. The van der Waals surface area contributed by atoms with E-state index >= 15 is 0 Å². The van der Waals surface area contributed by atoms with Crippen LogP contribution in [0.1, 0.15) is 13.8 Å². The highest BCUT2D eigenvalue weighted by atomic mass is 32.2. The Morgan fingerprint density at radius 1 is 1.29 bits per heavy atom. The Labute approximate surface area is 122 Å². The van der Waals surface area contributed by atoms with E-state index in [9.17, 15) is 13.2 Å². The molecule has 2 aliphatic rings. The lowest BCUT2D eigenvalue weighted by Crippen LogP contribution is -2.40. The van der Waals surface area contributed by atoms with Gasteiger partial charge in [-0.3, -0.25) is 4.18 Å². The zero-order valence-corrected chi connectivity index (χ0v) is 12.9. The molecular weight excluding hydrogens is 308 g/mol. The van der Waals surface area contributed by atoms with Crippen LogP contribution in [0.4, 0.5) is 4.79 Å². The second-order valence-electron chi connectivity index (χ2n) is 5.17. The monoisotopic (exact) mass is 326 g/mol. The zero-order valence-electron chi connectivity index (χ0n) is 12.1. The van der Waals surface area contributed by atoms with Gasteiger partial charge >= 0.3 is 6.16 Å². The van der Waals surface area contributed by atoms with E-state index in [2.05, 4.69) is 4.74 Å². The summed E-state index contributed by atoms with van der Waals surface area (Å²) in [5, 5.41) is 0. The van der Waals surface area contributed by atoms with Crippen LogP contribution in [0.5, 0.6) is 0 Å².